The third-order valence-electron chi connectivity index (χ3n) is 3.44. The molecule has 0 bridgehead atoms. The molecule has 0 saturated heterocycles. The number of methoxy groups -OCH3 is 1. The van der Waals surface area contributed by atoms with Crippen LogP contribution in [0.15, 0.2) is 53.9 Å². The lowest BCUT2D eigenvalue weighted by molar-refractivity contribution is 0.0600. The Hall–Kier alpha value is -2.70. The number of hydrogen-bond donors (Lipinski definition) is 1. The Morgan fingerprint density at radius 2 is 1.76 bits per heavy atom. The first-order chi connectivity index (χ1) is 12.1. The molecular formula is C18H13ClN2O3S. The maximum Gasteiger partial charge on any atom is 0.337 e. The molecule has 126 valence electrons. The van der Waals surface area contributed by atoms with Gasteiger partial charge in [0.1, 0.15) is 0 Å². The molecule has 1 N–H and O–H groups in total. The lowest BCUT2D eigenvalue weighted by atomic mass is 10.1. The number of thiazole rings is 1. The summed E-state index contributed by atoms with van der Waals surface area (Å²) in [5.41, 5.74) is 2.31. The van der Waals surface area contributed by atoms with Crippen LogP contribution in [0.5, 0.6) is 0 Å². The number of amides is 1. The fraction of sp³-hybridized carbons (Fsp3) is 0.0556. The molecule has 0 aliphatic carbocycles. The highest BCUT2D eigenvalue weighted by Crippen LogP contribution is 2.30. The highest BCUT2D eigenvalue weighted by molar-refractivity contribution is 7.14. The minimum atomic E-state index is -0.448. The number of carbonyl (C=O) groups excluding carboxylic acids is 2. The van der Waals surface area contributed by atoms with Gasteiger partial charge >= 0.3 is 5.97 Å². The lowest BCUT2D eigenvalue weighted by Gasteiger charge is -2.03. The molecule has 0 radical (unpaired) electrons. The smallest absolute Gasteiger partial charge is 0.337 e. The SMILES string of the molecule is COC(=O)c1ccc(C(=O)Nc2nc(-c3ccccc3Cl)cs2)cc1. The minimum absolute atomic E-state index is 0.309. The molecule has 1 amide bonds. The molecule has 0 fully saturated rings. The Bertz CT molecular complexity index is 922. The predicted molar refractivity (Wildman–Crippen MR) is 98.3 cm³/mol. The molecule has 1 aromatic heterocycles. The molecule has 0 atom stereocenters. The van der Waals surface area contributed by atoms with Crippen molar-refractivity contribution >= 4 is 39.9 Å². The summed E-state index contributed by atoms with van der Waals surface area (Å²) in [6.07, 6.45) is 0. The van der Waals surface area contributed by atoms with Gasteiger partial charge in [-0.25, -0.2) is 9.78 Å². The first kappa shape index (κ1) is 17.1. The van der Waals surface area contributed by atoms with Crippen molar-refractivity contribution in [1.29, 1.82) is 0 Å². The van der Waals surface area contributed by atoms with Crippen LogP contribution in [-0.4, -0.2) is 24.0 Å². The third-order valence-corrected chi connectivity index (χ3v) is 4.53. The maximum atomic E-state index is 12.3. The van der Waals surface area contributed by atoms with Crippen LogP contribution in [0.25, 0.3) is 11.3 Å². The van der Waals surface area contributed by atoms with Crippen molar-refractivity contribution in [2.45, 2.75) is 0 Å². The Morgan fingerprint density at radius 1 is 1.08 bits per heavy atom. The van der Waals surface area contributed by atoms with Gasteiger partial charge in [0.05, 0.1) is 18.4 Å². The number of esters is 1. The van der Waals surface area contributed by atoms with Gasteiger partial charge in [-0.05, 0) is 30.3 Å². The second kappa shape index (κ2) is 7.46. The van der Waals surface area contributed by atoms with Gasteiger partial charge in [0.25, 0.3) is 5.91 Å². The standard InChI is InChI=1S/C18H13ClN2O3S/c1-24-17(23)12-8-6-11(7-9-12)16(22)21-18-20-15(10-25-18)13-4-2-3-5-14(13)19/h2-10H,1H3,(H,20,21,22). The van der Waals surface area contributed by atoms with Crippen molar-refractivity contribution in [3.63, 3.8) is 0 Å². The van der Waals surface area contributed by atoms with E-state index in [4.69, 9.17) is 11.6 Å². The summed E-state index contributed by atoms with van der Waals surface area (Å²) >= 11 is 7.47. The number of nitrogens with zero attached hydrogens (tertiary/aromatic N) is 1. The van der Waals surface area contributed by atoms with E-state index < -0.39 is 5.97 Å². The number of anilines is 1. The van der Waals surface area contributed by atoms with Crippen LogP contribution in [0.4, 0.5) is 5.13 Å². The molecule has 7 heteroatoms. The molecule has 1 heterocycles. The van der Waals surface area contributed by atoms with E-state index in [0.29, 0.717) is 27.0 Å². The van der Waals surface area contributed by atoms with Crippen LogP contribution in [-0.2, 0) is 4.74 Å². The van der Waals surface area contributed by atoms with E-state index in [0.717, 1.165) is 5.56 Å². The normalized spacial score (nSPS) is 10.3. The molecule has 2 aromatic carbocycles. The summed E-state index contributed by atoms with van der Waals surface area (Å²) in [5.74, 6) is -0.757. The second-order valence-corrected chi connectivity index (χ2v) is 6.31. The highest BCUT2D eigenvalue weighted by Gasteiger charge is 2.12. The average molecular weight is 373 g/mol. The summed E-state index contributed by atoms with van der Waals surface area (Å²) in [6.45, 7) is 0. The number of hydrogen-bond acceptors (Lipinski definition) is 5. The summed E-state index contributed by atoms with van der Waals surface area (Å²) in [5, 5.41) is 5.64. The van der Waals surface area contributed by atoms with Crippen molar-refractivity contribution < 1.29 is 14.3 Å². The van der Waals surface area contributed by atoms with Gasteiger partial charge < -0.3 is 4.74 Å². The van der Waals surface area contributed by atoms with Crippen molar-refractivity contribution in [3.05, 3.63) is 70.1 Å². The van der Waals surface area contributed by atoms with E-state index in [1.54, 1.807) is 18.2 Å². The van der Waals surface area contributed by atoms with Gasteiger partial charge in [-0.1, -0.05) is 29.8 Å². The number of ether oxygens (including phenoxy) is 1. The van der Waals surface area contributed by atoms with E-state index in [1.165, 1.54) is 30.6 Å². The van der Waals surface area contributed by atoms with E-state index in [1.807, 2.05) is 23.6 Å². The zero-order valence-electron chi connectivity index (χ0n) is 13.2. The quantitative estimate of drug-likeness (QED) is 0.684. The molecule has 0 aliphatic heterocycles. The molecule has 3 rings (SSSR count). The van der Waals surface area contributed by atoms with Crippen molar-refractivity contribution in [3.8, 4) is 11.3 Å². The van der Waals surface area contributed by atoms with E-state index in [2.05, 4.69) is 15.0 Å². The predicted octanol–water partition coefficient (Wildman–Crippen LogP) is 4.50. The lowest BCUT2D eigenvalue weighted by Crippen LogP contribution is -2.12. The Kier molecular flexibility index (Phi) is 5.11. The van der Waals surface area contributed by atoms with Gasteiger partial charge in [-0.2, -0.15) is 0 Å². The molecular weight excluding hydrogens is 360 g/mol. The minimum Gasteiger partial charge on any atom is -0.465 e. The number of rotatable bonds is 4. The largest absolute Gasteiger partial charge is 0.465 e. The van der Waals surface area contributed by atoms with Crippen LogP contribution < -0.4 is 5.32 Å². The third kappa shape index (κ3) is 3.87. The molecule has 25 heavy (non-hydrogen) atoms. The van der Waals surface area contributed by atoms with Crippen molar-refractivity contribution in [2.24, 2.45) is 0 Å². The molecule has 0 spiro atoms. The Morgan fingerprint density at radius 3 is 2.44 bits per heavy atom. The summed E-state index contributed by atoms with van der Waals surface area (Å²) in [7, 11) is 1.31. The topological polar surface area (TPSA) is 68.3 Å². The summed E-state index contributed by atoms with van der Waals surface area (Å²) < 4.78 is 4.63. The first-order valence-electron chi connectivity index (χ1n) is 7.28. The Balaban J connectivity index is 1.74. The number of nitrogens with one attached hydrogen (secondary N) is 1. The van der Waals surface area contributed by atoms with Crippen LogP contribution >= 0.6 is 22.9 Å². The summed E-state index contributed by atoms with van der Waals surface area (Å²) in [4.78, 5) is 28.1. The fourth-order valence-corrected chi connectivity index (χ4v) is 3.11. The van der Waals surface area contributed by atoms with Crippen LogP contribution in [0, 0.1) is 0 Å². The summed E-state index contributed by atoms with van der Waals surface area (Å²) in [6, 6.07) is 13.6. The first-order valence-corrected chi connectivity index (χ1v) is 8.54. The van der Waals surface area contributed by atoms with Gasteiger partial charge in [-0.3, -0.25) is 10.1 Å². The number of halogens is 1. The highest BCUT2D eigenvalue weighted by atomic mass is 35.5. The molecule has 0 saturated carbocycles. The van der Waals surface area contributed by atoms with Gasteiger partial charge in [0.2, 0.25) is 0 Å². The second-order valence-electron chi connectivity index (χ2n) is 5.04. The molecule has 0 aliphatic rings. The number of benzene rings is 2. The maximum absolute atomic E-state index is 12.3. The average Bonchev–Trinajstić information content (AvgIpc) is 3.09. The van der Waals surface area contributed by atoms with Crippen LogP contribution in [0.2, 0.25) is 5.02 Å². The van der Waals surface area contributed by atoms with Crippen molar-refractivity contribution in [2.75, 3.05) is 12.4 Å². The fourth-order valence-electron chi connectivity index (χ4n) is 2.17. The van der Waals surface area contributed by atoms with E-state index in [9.17, 15) is 9.59 Å². The zero-order chi connectivity index (χ0) is 17.8. The zero-order valence-corrected chi connectivity index (χ0v) is 14.7. The van der Waals surface area contributed by atoms with E-state index in [-0.39, 0.29) is 5.91 Å². The van der Waals surface area contributed by atoms with Gasteiger partial charge in [0, 0.05) is 21.5 Å². The molecule has 0 unspecified atom stereocenters. The van der Waals surface area contributed by atoms with Gasteiger partial charge in [0.15, 0.2) is 5.13 Å². The van der Waals surface area contributed by atoms with E-state index >= 15 is 0 Å². The monoisotopic (exact) mass is 372 g/mol. The molecule has 3 aromatic rings. The molecule has 5 nitrogen and oxygen atoms in total. The van der Waals surface area contributed by atoms with Crippen molar-refractivity contribution in [1.82, 2.24) is 4.98 Å². The van der Waals surface area contributed by atoms with Crippen LogP contribution in [0.1, 0.15) is 20.7 Å². The number of aromatic nitrogens is 1. The van der Waals surface area contributed by atoms with Crippen LogP contribution in [0.3, 0.4) is 0 Å². The Labute approximate surface area is 153 Å². The van der Waals surface area contributed by atoms with Gasteiger partial charge in [-0.15, -0.1) is 11.3 Å². The number of carbonyl (C=O) groups is 2.